The summed E-state index contributed by atoms with van der Waals surface area (Å²) in [6.07, 6.45) is 0. The molecule has 0 saturated heterocycles. The summed E-state index contributed by atoms with van der Waals surface area (Å²) in [6.45, 7) is 0. The summed E-state index contributed by atoms with van der Waals surface area (Å²) >= 11 is 0. The van der Waals surface area contributed by atoms with Crippen molar-refractivity contribution in [1.82, 2.24) is 0 Å². The maximum atomic E-state index is 14.4. The van der Waals surface area contributed by atoms with Crippen LogP contribution in [0.25, 0.3) is 0 Å². The highest BCUT2D eigenvalue weighted by molar-refractivity contribution is 6.69. The highest BCUT2D eigenvalue weighted by Gasteiger charge is 2.33. The molecule has 0 aliphatic rings. The van der Waals surface area contributed by atoms with Gasteiger partial charge in [0.1, 0.15) is 19.0 Å². The van der Waals surface area contributed by atoms with E-state index in [1.807, 2.05) is 0 Å². The minimum absolute atomic E-state index is 1.84. The Hall–Kier alpha value is -2.89. The molecular weight excluding hydrogens is 538 g/mol. The zero-order valence-corrected chi connectivity index (χ0v) is 17.3. The zero-order valence-electron chi connectivity index (χ0n) is 15.3. The summed E-state index contributed by atoms with van der Waals surface area (Å²) in [6, 6.07) is 0. The van der Waals surface area contributed by atoms with E-state index in [-0.39, 0.29) is 0 Å². The Labute approximate surface area is 183 Å². The van der Waals surface area contributed by atoms with Crippen molar-refractivity contribution < 1.29 is 61.5 Å². The smallest absolute Gasteiger partial charge is 0.200 e. The van der Waals surface area contributed by atoms with E-state index in [0.717, 1.165) is 0 Å². The molecule has 4 radical (unpaired) electrons. The molecule has 0 spiro atoms. The molecule has 0 aliphatic heterocycles. The Kier molecular flexibility index (Phi) is 6.85. The van der Waals surface area contributed by atoms with Gasteiger partial charge in [0.05, 0.1) is 0 Å². The second-order valence-electron chi connectivity index (χ2n) is 6.15. The number of benzene rings is 3. The average molecular weight is 538 g/mol. The summed E-state index contributed by atoms with van der Waals surface area (Å²) in [5.74, 6) is -35.4. The average Bonchev–Trinajstić information content (AvgIpc) is 2.81. The standard InChI is InChI=1S/C18F14Si2/c19-1-3(21)7(25)15(8(26)4(1)22)33-17-11(29)13(31)18(14(32)12(17)30)34-16-9(27)5(23)2(20)6(24)10(16)28. The van der Waals surface area contributed by atoms with Gasteiger partial charge in [0.15, 0.2) is 69.8 Å². The van der Waals surface area contributed by atoms with E-state index in [1.54, 1.807) is 0 Å². The van der Waals surface area contributed by atoms with Crippen molar-refractivity contribution in [2.24, 2.45) is 0 Å². The maximum Gasteiger partial charge on any atom is 0.200 e. The van der Waals surface area contributed by atoms with Gasteiger partial charge in [0.2, 0.25) is 11.6 Å². The van der Waals surface area contributed by atoms with Gasteiger partial charge in [-0.15, -0.1) is 0 Å². The summed E-state index contributed by atoms with van der Waals surface area (Å²) < 4.78 is 192. The quantitative estimate of drug-likeness (QED) is 0.208. The lowest BCUT2D eigenvalue weighted by Gasteiger charge is -2.14. The molecule has 0 aliphatic carbocycles. The van der Waals surface area contributed by atoms with Crippen molar-refractivity contribution in [1.29, 1.82) is 0 Å². The number of rotatable bonds is 4. The SMILES string of the molecule is Fc1c(F)c(F)c([Si]c2c(F)c(F)c([Si]c3c(F)c(F)c(F)c(F)c3F)c(F)c2F)c(F)c1F. The van der Waals surface area contributed by atoms with Crippen LogP contribution in [0.5, 0.6) is 0 Å². The van der Waals surface area contributed by atoms with Crippen LogP contribution in [0, 0.1) is 81.4 Å². The van der Waals surface area contributed by atoms with Gasteiger partial charge in [-0.25, -0.2) is 61.5 Å². The van der Waals surface area contributed by atoms with Gasteiger partial charge in [-0.1, -0.05) is 0 Å². The monoisotopic (exact) mass is 538 g/mol. The molecule has 0 bridgehead atoms. The molecule has 34 heavy (non-hydrogen) atoms. The van der Waals surface area contributed by atoms with Crippen LogP contribution in [-0.2, 0) is 0 Å². The topological polar surface area (TPSA) is 0 Å². The van der Waals surface area contributed by atoms with Crippen LogP contribution in [0.15, 0.2) is 0 Å². The van der Waals surface area contributed by atoms with Gasteiger partial charge in [-0.05, 0) is 0 Å². The summed E-state index contributed by atoms with van der Waals surface area (Å²) in [4.78, 5) is 0. The van der Waals surface area contributed by atoms with Crippen LogP contribution in [0.4, 0.5) is 61.5 Å². The third-order valence-corrected chi connectivity index (χ3v) is 6.94. The van der Waals surface area contributed by atoms with E-state index in [9.17, 15) is 61.5 Å². The summed E-state index contributed by atoms with van der Waals surface area (Å²) in [5.41, 5.74) is 0. The normalized spacial score (nSPS) is 11.5. The first-order chi connectivity index (χ1) is 15.7. The fraction of sp³-hybridized carbons (Fsp3) is 0. The highest BCUT2D eigenvalue weighted by Crippen LogP contribution is 2.18. The van der Waals surface area contributed by atoms with Crippen molar-refractivity contribution in [2.45, 2.75) is 0 Å². The zero-order chi connectivity index (χ0) is 25.8. The van der Waals surface area contributed by atoms with Gasteiger partial charge in [-0.2, -0.15) is 0 Å². The van der Waals surface area contributed by atoms with E-state index in [4.69, 9.17) is 0 Å². The Bertz CT molecular complexity index is 1160. The lowest BCUT2D eigenvalue weighted by Crippen LogP contribution is -2.45. The molecule has 3 rings (SSSR count). The molecule has 0 amide bonds. The number of halogens is 14. The Morgan fingerprint density at radius 1 is 0.206 bits per heavy atom. The first kappa shape index (κ1) is 25.7. The Balaban J connectivity index is 2.18. The summed E-state index contributed by atoms with van der Waals surface area (Å²) in [7, 11) is -4.47. The minimum atomic E-state index is -2.62. The second-order valence-corrected chi connectivity index (χ2v) is 8.65. The third-order valence-electron chi connectivity index (χ3n) is 4.18. The van der Waals surface area contributed by atoms with Gasteiger partial charge < -0.3 is 0 Å². The molecule has 0 atom stereocenters. The van der Waals surface area contributed by atoms with Crippen molar-refractivity contribution in [3.63, 3.8) is 0 Å². The predicted octanol–water partition coefficient (Wildman–Crippen LogP) is 2.94. The van der Waals surface area contributed by atoms with E-state index in [0.29, 0.717) is 0 Å². The first-order valence-corrected chi connectivity index (χ1v) is 10.1. The van der Waals surface area contributed by atoms with E-state index >= 15 is 0 Å². The Morgan fingerprint density at radius 3 is 0.500 bits per heavy atom. The molecule has 0 heterocycles. The van der Waals surface area contributed by atoms with Crippen LogP contribution in [-0.4, -0.2) is 19.0 Å². The largest absolute Gasteiger partial charge is 0.204 e. The van der Waals surface area contributed by atoms with Gasteiger partial charge in [-0.3, -0.25) is 0 Å². The highest BCUT2D eigenvalue weighted by atomic mass is 28.2. The lowest BCUT2D eigenvalue weighted by molar-refractivity contribution is 0.384. The third kappa shape index (κ3) is 3.87. The molecule has 0 N–H and O–H groups in total. The number of hydrogen-bond acceptors (Lipinski definition) is 0. The first-order valence-electron chi connectivity index (χ1n) is 8.15. The molecular formula is C18F14Si2. The Morgan fingerprint density at radius 2 is 0.324 bits per heavy atom. The van der Waals surface area contributed by atoms with Gasteiger partial charge >= 0.3 is 0 Å². The fourth-order valence-corrected chi connectivity index (χ4v) is 4.79. The molecule has 0 aromatic heterocycles. The van der Waals surface area contributed by atoms with Crippen LogP contribution in [0.3, 0.4) is 0 Å². The van der Waals surface area contributed by atoms with Crippen LogP contribution in [0.1, 0.15) is 0 Å². The van der Waals surface area contributed by atoms with Crippen LogP contribution in [0.2, 0.25) is 0 Å². The molecule has 0 nitrogen and oxygen atoms in total. The van der Waals surface area contributed by atoms with Crippen molar-refractivity contribution >= 4 is 39.8 Å². The minimum Gasteiger partial charge on any atom is -0.204 e. The van der Waals surface area contributed by atoms with Crippen LogP contribution < -0.4 is 20.7 Å². The number of hydrogen-bond donors (Lipinski definition) is 0. The molecule has 0 fully saturated rings. The molecule has 3 aromatic rings. The van der Waals surface area contributed by atoms with Gasteiger partial charge in [0.25, 0.3) is 0 Å². The molecule has 0 unspecified atom stereocenters. The van der Waals surface area contributed by atoms with Crippen LogP contribution >= 0.6 is 0 Å². The van der Waals surface area contributed by atoms with Crippen molar-refractivity contribution in [3.05, 3.63) is 81.4 Å². The predicted molar refractivity (Wildman–Crippen MR) is 88.8 cm³/mol. The van der Waals surface area contributed by atoms with E-state index < -0.39 is 121 Å². The van der Waals surface area contributed by atoms with Crippen molar-refractivity contribution in [2.75, 3.05) is 0 Å². The molecule has 16 heteroatoms. The fourth-order valence-electron chi connectivity index (χ4n) is 2.53. The lowest BCUT2D eigenvalue weighted by atomic mass is 10.3. The molecule has 0 saturated carbocycles. The molecule has 3 aromatic carbocycles. The van der Waals surface area contributed by atoms with E-state index in [1.165, 1.54) is 0 Å². The van der Waals surface area contributed by atoms with E-state index in [2.05, 4.69) is 0 Å². The molecule has 178 valence electrons. The maximum absolute atomic E-state index is 14.4. The second kappa shape index (κ2) is 9.05. The summed E-state index contributed by atoms with van der Waals surface area (Å²) in [5, 5.41) is -7.40. The van der Waals surface area contributed by atoms with Crippen molar-refractivity contribution in [3.8, 4) is 0 Å². The van der Waals surface area contributed by atoms with Gasteiger partial charge in [0, 0.05) is 20.7 Å².